The third-order valence-electron chi connectivity index (χ3n) is 1.67. The Bertz CT molecular complexity index is 192. The van der Waals surface area contributed by atoms with Gasteiger partial charge in [0.15, 0.2) is 0 Å². The predicted molar refractivity (Wildman–Crippen MR) is 45.9 cm³/mol. The van der Waals surface area contributed by atoms with Gasteiger partial charge in [-0.05, 0) is 16.9 Å². The zero-order valence-electron chi connectivity index (χ0n) is 5.30. The van der Waals surface area contributed by atoms with E-state index in [1.807, 2.05) is 4.08 Å². The minimum atomic E-state index is -0.961. The maximum Gasteiger partial charge on any atom is 0.324 e. The fourth-order valence-corrected chi connectivity index (χ4v) is 1.43. The number of hydrogen-bond donors (Lipinski definition) is 2. The first-order valence-corrected chi connectivity index (χ1v) is 4.13. The maximum absolute atomic E-state index is 10.4. The Labute approximate surface area is 72.4 Å². The Morgan fingerprint density at radius 3 is 2.60 bits per heavy atom. The molecule has 0 amide bonds. The number of aliphatic carboxylic acids is 1. The third kappa shape index (κ3) is 1.17. The van der Waals surface area contributed by atoms with Crippen LogP contribution in [0.25, 0.3) is 0 Å². The molecule has 1 saturated carbocycles. The SMILES string of the molecule is NC1(C(=O)O)CC(=CI)C1. The summed E-state index contributed by atoms with van der Waals surface area (Å²) >= 11 is 2.09. The molecule has 10 heavy (non-hydrogen) atoms. The molecule has 1 aliphatic rings. The molecule has 4 heteroatoms. The molecular weight excluding hydrogens is 245 g/mol. The number of carbonyl (C=O) groups is 1. The van der Waals surface area contributed by atoms with E-state index in [2.05, 4.69) is 22.6 Å². The molecule has 0 radical (unpaired) electrons. The molecule has 0 atom stereocenters. The van der Waals surface area contributed by atoms with Crippen LogP contribution in [-0.4, -0.2) is 16.6 Å². The summed E-state index contributed by atoms with van der Waals surface area (Å²) in [5.41, 5.74) is 5.64. The van der Waals surface area contributed by atoms with E-state index in [-0.39, 0.29) is 0 Å². The molecule has 1 aliphatic carbocycles. The minimum absolute atomic E-state index is 0.505. The van der Waals surface area contributed by atoms with Crippen molar-refractivity contribution in [1.82, 2.24) is 0 Å². The highest BCUT2D eigenvalue weighted by Crippen LogP contribution is 2.35. The van der Waals surface area contributed by atoms with E-state index in [9.17, 15) is 4.79 Å². The van der Waals surface area contributed by atoms with Crippen LogP contribution in [0.1, 0.15) is 12.8 Å². The fraction of sp³-hybridized carbons (Fsp3) is 0.500. The van der Waals surface area contributed by atoms with E-state index in [1.165, 1.54) is 0 Å². The number of nitrogens with two attached hydrogens (primary N) is 1. The van der Waals surface area contributed by atoms with Crippen molar-refractivity contribution in [1.29, 1.82) is 0 Å². The smallest absolute Gasteiger partial charge is 0.324 e. The van der Waals surface area contributed by atoms with Gasteiger partial charge in [0.1, 0.15) is 5.54 Å². The van der Waals surface area contributed by atoms with Gasteiger partial charge in [-0.25, -0.2) is 0 Å². The van der Waals surface area contributed by atoms with Crippen molar-refractivity contribution < 1.29 is 9.90 Å². The van der Waals surface area contributed by atoms with Crippen LogP contribution in [0.5, 0.6) is 0 Å². The molecule has 0 aromatic rings. The summed E-state index contributed by atoms with van der Waals surface area (Å²) in [6.45, 7) is 0. The second-order valence-electron chi connectivity index (χ2n) is 2.58. The van der Waals surface area contributed by atoms with E-state index < -0.39 is 11.5 Å². The van der Waals surface area contributed by atoms with Crippen LogP contribution >= 0.6 is 22.6 Å². The molecule has 0 aromatic carbocycles. The number of carboxylic acid groups (broad SMARTS) is 1. The van der Waals surface area contributed by atoms with Crippen molar-refractivity contribution in [3.05, 3.63) is 9.66 Å². The van der Waals surface area contributed by atoms with Gasteiger partial charge in [0, 0.05) is 0 Å². The Morgan fingerprint density at radius 2 is 2.30 bits per heavy atom. The van der Waals surface area contributed by atoms with Crippen molar-refractivity contribution in [2.75, 3.05) is 0 Å². The highest BCUT2D eigenvalue weighted by molar-refractivity contribution is 14.1. The zero-order valence-corrected chi connectivity index (χ0v) is 7.46. The average Bonchev–Trinajstić information content (AvgIpc) is 1.80. The van der Waals surface area contributed by atoms with Crippen molar-refractivity contribution in [2.24, 2.45) is 5.73 Å². The van der Waals surface area contributed by atoms with Gasteiger partial charge >= 0.3 is 5.97 Å². The van der Waals surface area contributed by atoms with Gasteiger partial charge in [0.05, 0.1) is 0 Å². The second-order valence-corrected chi connectivity index (χ2v) is 3.21. The first-order valence-electron chi connectivity index (χ1n) is 2.89. The lowest BCUT2D eigenvalue weighted by molar-refractivity contribution is -0.144. The Hall–Kier alpha value is -0.100. The number of hydrogen-bond acceptors (Lipinski definition) is 2. The van der Waals surface area contributed by atoms with Crippen LogP contribution in [0.4, 0.5) is 0 Å². The lowest BCUT2D eigenvalue weighted by atomic mass is 9.74. The summed E-state index contributed by atoms with van der Waals surface area (Å²) in [4.78, 5) is 10.4. The van der Waals surface area contributed by atoms with Crippen LogP contribution in [0, 0.1) is 0 Å². The predicted octanol–water partition coefficient (Wildman–Crippen LogP) is 0.881. The monoisotopic (exact) mass is 253 g/mol. The topological polar surface area (TPSA) is 63.3 Å². The van der Waals surface area contributed by atoms with Gasteiger partial charge in [-0.2, -0.15) is 0 Å². The van der Waals surface area contributed by atoms with Crippen molar-refractivity contribution in [2.45, 2.75) is 18.4 Å². The normalized spacial score (nSPS) is 31.2. The molecule has 0 spiro atoms. The second kappa shape index (κ2) is 2.50. The molecule has 0 unspecified atom stereocenters. The van der Waals surface area contributed by atoms with E-state index in [4.69, 9.17) is 10.8 Å². The minimum Gasteiger partial charge on any atom is -0.480 e. The number of rotatable bonds is 1. The average molecular weight is 253 g/mol. The first-order chi connectivity index (χ1) is 4.58. The van der Waals surface area contributed by atoms with Crippen LogP contribution < -0.4 is 5.73 Å². The molecule has 3 N–H and O–H groups in total. The zero-order chi connectivity index (χ0) is 7.78. The molecule has 56 valence electrons. The van der Waals surface area contributed by atoms with Crippen molar-refractivity contribution in [3.8, 4) is 0 Å². The van der Waals surface area contributed by atoms with Crippen LogP contribution in [0.3, 0.4) is 0 Å². The summed E-state index contributed by atoms with van der Waals surface area (Å²) < 4.78 is 1.89. The Morgan fingerprint density at radius 1 is 1.80 bits per heavy atom. The third-order valence-corrected chi connectivity index (χ3v) is 2.55. The number of carboxylic acids is 1. The van der Waals surface area contributed by atoms with Gasteiger partial charge in [-0.1, -0.05) is 28.2 Å². The molecule has 0 saturated heterocycles. The molecule has 0 heterocycles. The fourth-order valence-electron chi connectivity index (χ4n) is 0.987. The van der Waals surface area contributed by atoms with Gasteiger partial charge in [0.25, 0.3) is 0 Å². The van der Waals surface area contributed by atoms with Crippen LogP contribution in [0.2, 0.25) is 0 Å². The summed E-state index contributed by atoms with van der Waals surface area (Å²) in [7, 11) is 0. The Balaban J connectivity index is 2.58. The lowest BCUT2D eigenvalue weighted by Crippen LogP contribution is -2.54. The van der Waals surface area contributed by atoms with E-state index >= 15 is 0 Å². The quantitative estimate of drug-likeness (QED) is 0.682. The molecule has 1 rings (SSSR count). The van der Waals surface area contributed by atoms with Crippen LogP contribution in [-0.2, 0) is 4.79 Å². The van der Waals surface area contributed by atoms with E-state index in [0.717, 1.165) is 5.57 Å². The molecule has 0 aromatic heterocycles. The van der Waals surface area contributed by atoms with Crippen molar-refractivity contribution >= 4 is 28.6 Å². The van der Waals surface area contributed by atoms with Gasteiger partial charge in [0.2, 0.25) is 0 Å². The largest absolute Gasteiger partial charge is 0.480 e. The number of halogens is 1. The standard InChI is InChI=1S/C6H8INO2/c7-3-4-1-6(8,2-4)5(9)10/h3H,1-2,8H2,(H,9,10). The molecule has 0 aliphatic heterocycles. The van der Waals surface area contributed by atoms with E-state index in [0.29, 0.717) is 12.8 Å². The molecule has 3 nitrogen and oxygen atoms in total. The molecular formula is C6H8INO2. The van der Waals surface area contributed by atoms with Crippen LogP contribution in [0.15, 0.2) is 9.66 Å². The highest BCUT2D eigenvalue weighted by Gasteiger charge is 2.43. The summed E-state index contributed by atoms with van der Waals surface area (Å²) in [5, 5.41) is 8.55. The molecule has 0 bridgehead atoms. The van der Waals surface area contributed by atoms with Gasteiger partial charge in [-0.15, -0.1) is 0 Å². The summed E-state index contributed by atoms with van der Waals surface area (Å²) in [6.07, 6.45) is 1.01. The highest BCUT2D eigenvalue weighted by atomic mass is 127. The first kappa shape index (κ1) is 8.00. The van der Waals surface area contributed by atoms with Crippen molar-refractivity contribution in [3.63, 3.8) is 0 Å². The lowest BCUT2D eigenvalue weighted by Gasteiger charge is -2.35. The summed E-state index contributed by atoms with van der Waals surface area (Å²) in [6, 6.07) is 0. The Kier molecular flexibility index (Phi) is 2.00. The maximum atomic E-state index is 10.4. The van der Waals surface area contributed by atoms with Gasteiger partial charge < -0.3 is 10.8 Å². The van der Waals surface area contributed by atoms with Gasteiger partial charge in [-0.3, -0.25) is 4.79 Å². The molecule has 1 fully saturated rings. The van der Waals surface area contributed by atoms with E-state index in [1.54, 1.807) is 0 Å². The summed E-state index contributed by atoms with van der Waals surface area (Å²) in [5.74, 6) is -0.894.